The van der Waals surface area contributed by atoms with Crippen molar-refractivity contribution in [2.24, 2.45) is 5.92 Å². The monoisotopic (exact) mass is 217 g/mol. The zero-order valence-electron chi connectivity index (χ0n) is 9.04. The number of hydrogen-bond acceptors (Lipinski definition) is 3. The van der Waals surface area contributed by atoms with Gasteiger partial charge in [-0.3, -0.25) is 4.98 Å². The van der Waals surface area contributed by atoms with Gasteiger partial charge in [-0.25, -0.2) is 0 Å². The Morgan fingerprint density at radius 1 is 1.31 bits per heavy atom. The minimum absolute atomic E-state index is 0.0913. The predicted octanol–water partition coefficient (Wildman–Crippen LogP) is 1.85. The van der Waals surface area contributed by atoms with Crippen LogP contribution in [-0.4, -0.2) is 22.8 Å². The highest BCUT2D eigenvalue weighted by molar-refractivity contribution is 5.21. The van der Waals surface area contributed by atoms with E-state index in [4.69, 9.17) is 4.74 Å². The van der Waals surface area contributed by atoms with Crippen molar-refractivity contribution in [3.8, 4) is 0 Å². The maximum atomic E-state index is 9.57. The summed E-state index contributed by atoms with van der Waals surface area (Å²) in [5, 5.41) is 9.57. The third-order valence-electron chi connectivity index (χ3n) is 3.42. The van der Waals surface area contributed by atoms with Crippen LogP contribution in [0.15, 0.2) is 36.0 Å². The minimum atomic E-state index is -0.272. The highest BCUT2D eigenvalue weighted by Crippen LogP contribution is 2.39. The molecule has 0 bridgehead atoms. The normalized spacial score (nSPS) is 33.3. The van der Waals surface area contributed by atoms with Crippen molar-refractivity contribution in [1.29, 1.82) is 0 Å². The second-order valence-corrected chi connectivity index (χ2v) is 4.53. The van der Waals surface area contributed by atoms with E-state index < -0.39 is 0 Å². The molecular weight excluding hydrogens is 202 g/mol. The molecule has 1 saturated heterocycles. The number of aliphatic hydroxyl groups is 1. The molecule has 1 N–H and O–H groups in total. The van der Waals surface area contributed by atoms with Gasteiger partial charge in [0.05, 0.1) is 18.4 Å². The average molecular weight is 217 g/mol. The molecule has 0 radical (unpaired) electrons. The molecule has 0 saturated carbocycles. The van der Waals surface area contributed by atoms with Gasteiger partial charge in [-0.15, -0.1) is 0 Å². The van der Waals surface area contributed by atoms with Crippen LogP contribution in [0.25, 0.3) is 0 Å². The molecular formula is C13H15NO2. The number of nitrogens with zero attached hydrogens (tertiary/aromatic N) is 1. The van der Waals surface area contributed by atoms with Crippen LogP contribution in [-0.2, 0) is 4.74 Å². The van der Waals surface area contributed by atoms with Gasteiger partial charge in [-0.05, 0) is 36.5 Å². The maximum Gasteiger partial charge on any atom is 0.100 e. The molecule has 0 spiro atoms. The number of hydrogen-bond donors (Lipinski definition) is 1. The van der Waals surface area contributed by atoms with Crippen LogP contribution < -0.4 is 0 Å². The molecule has 0 aromatic carbocycles. The largest absolute Gasteiger partial charge is 0.389 e. The molecule has 1 aromatic rings. The molecule has 0 amide bonds. The quantitative estimate of drug-likeness (QED) is 0.730. The first-order chi connectivity index (χ1) is 7.83. The summed E-state index contributed by atoms with van der Waals surface area (Å²) in [6.07, 6.45) is 5.36. The van der Waals surface area contributed by atoms with Gasteiger partial charge in [-0.2, -0.15) is 0 Å². The molecule has 16 heavy (non-hydrogen) atoms. The van der Waals surface area contributed by atoms with Crippen LogP contribution in [0.1, 0.15) is 24.6 Å². The number of aliphatic hydroxyl groups excluding tert-OH is 1. The number of fused-ring (bicyclic) bond motifs is 1. The minimum Gasteiger partial charge on any atom is -0.389 e. The van der Waals surface area contributed by atoms with Gasteiger partial charge in [0.1, 0.15) is 6.10 Å². The van der Waals surface area contributed by atoms with Crippen LogP contribution in [0.3, 0.4) is 0 Å². The highest BCUT2D eigenvalue weighted by atomic mass is 16.5. The van der Waals surface area contributed by atoms with Crippen molar-refractivity contribution >= 4 is 0 Å². The van der Waals surface area contributed by atoms with Crippen molar-refractivity contribution in [2.45, 2.75) is 25.0 Å². The summed E-state index contributed by atoms with van der Waals surface area (Å²) in [7, 11) is 0. The third kappa shape index (κ3) is 1.77. The lowest BCUT2D eigenvalue weighted by molar-refractivity contribution is 0.0191. The van der Waals surface area contributed by atoms with Gasteiger partial charge in [0, 0.05) is 6.20 Å². The van der Waals surface area contributed by atoms with E-state index >= 15 is 0 Å². The summed E-state index contributed by atoms with van der Waals surface area (Å²) < 4.78 is 5.78. The van der Waals surface area contributed by atoms with Crippen molar-refractivity contribution < 1.29 is 9.84 Å². The van der Waals surface area contributed by atoms with Crippen molar-refractivity contribution in [2.75, 3.05) is 6.61 Å². The first-order valence-electron chi connectivity index (χ1n) is 5.74. The molecule has 2 heterocycles. The Morgan fingerprint density at radius 3 is 3.06 bits per heavy atom. The molecule has 3 atom stereocenters. The van der Waals surface area contributed by atoms with Gasteiger partial charge in [0.25, 0.3) is 0 Å². The Hall–Kier alpha value is -1.19. The van der Waals surface area contributed by atoms with E-state index in [9.17, 15) is 5.11 Å². The van der Waals surface area contributed by atoms with E-state index in [1.807, 2.05) is 24.3 Å². The summed E-state index contributed by atoms with van der Waals surface area (Å²) in [4.78, 5) is 4.33. The Labute approximate surface area is 94.8 Å². The Kier molecular flexibility index (Phi) is 2.50. The summed E-state index contributed by atoms with van der Waals surface area (Å²) in [6.45, 7) is 0.642. The molecule has 3 nitrogen and oxygen atoms in total. The smallest absolute Gasteiger partial charge is 0.100 e. The average Bonchev–Trinajstić information content (AvgIpc) is 2.69. The Bertz CT molecular complexity index is 402. The molecule has 1 aliphatic carbocycles. The summed E-state index contributed by atoms with van der Waals surface area (Å²) in [5.41, 5.74) is 2.27. The van der Waals surface area contributed by atoms with Gasteiger partial charge < -0.3 is 9.84 Å². The van der Waals surface area contributed by atoms with Gasteiger partial charge >= 0.3 is 0 Å². The second-order valence-electron chi connectivity index (χ2n) is 4.53. The fraction of sp³-hybridized carbons (Fsp3) is 0.462. The highest BCUT2D eigenvalue weighted by Gasteiger charge is 2.33. The molecule has 2 aliphatic rings. The van der Waals surface area contributed by atoms with E-state index in [1.165, 1.54) is 5.57 Å². The van der Waals surface area contributed by atoms with Crippen molar-refractivity contribution in [3.05, 3.63) is 41.7 Å². The molecule has 1 aliphatic heterocycles. The lowest BCUT2D eigenvalue weighted by Crippen LogP contribution is -2.21. The molecule has 84 valence electrons. The zero-order chi connectivity index (χ0) is 11.0. The van der Waals surface area contributed by atoms with E-state index in [2.05, 4.69) is 4.98 Å². The molecule has 3 heteroatoms. The van der Waals surface area contributed by atoms with Crippen molar-refractivity contribution in [1.82, 2.24) is 4.98 Å². The molecule has 1 aromatic heterocycles. The number of pyridine rings is 1. The predicted molar refractivity (Wildman–Crippen MR) is 59.7 cm³/mol. The molecule has 0 unspecified atom stereocenters. The standard InChI is InChI=1S/C13H15NO2/c15-11-5-9-7-13(16-8-10(9)6-11)12-3-1-2-4-14-12/h1-4,6,9,11,13,15H,5,7-8H2/t9-,11-,13-/m1/s1. The van der Waals surface area contributed by atoms with Crippen molar-refractivity contribution in [3.63, 3.8) is 0 Å². The Balaban J connectivity index is 1.76. The van der Waals surface area contributed by atoms with Crippen LogP contribution >= 0.6 is 0 Å². The molecule has 3 rings (SSSR count). The van der Waals surface area contributed by atoms with Crippen LogP contribution in [0.2, 0.25) is 0 Å². The maximum absolute atomic E-state index is 9.57. The van der Waals surface area contributed by atoms with Gasteiger partial charge in [-0.1, -0.05) is 12.1 Å². The number of aromatic nitrogens is 1. The number of ether oxygens (including phenoxy) is 1. The van der Waals surface area contributed by atoms with Gasteiger partial charge in [0.15, 0.2) is 0 Å². The van der Waals surface area contributed by atoms with Crippen LogP contribution in [0.5, 0.6) is 0 Å². The first-order valence-corrected chi connectivity index (χ1v) is 5.74. The van der Waals surface area contributed by atoms with E-state index in [-0.39, 0.29) is 12.2 Å². The van der Waals surface area contributed by atoms with E-state index in [1.54, 1.807) is 6.20 Å². The first kappa shape index (κ1) is 10.00. The lowest BCUT2D eigenvalue weighted by atomic mass is 9.91. The van der Waals surface area contributed by atoms with E-state index in [0.717, 1.165) is 18.5 Å². The summed E-state index contributed by atoms with van der Waals surface area (Å²) in [5.74, 6) is 0.482. The zero-order valence-corrected chi connectivity index (χ0v) is 9.04. The SMILES string of the molecule is O[C@H]1C=C2CO[C@@H](c3ccccn3)C[C@H]2C1. The number of rotatable bonds is 1. The van der Waals surface area contributed by atoms with Gasteiger partial charge in [0.2, 0.25) is 0 Å². The summed E-state index contributed by atoms with van der Waals surface area (Å²) in [6, 6.07) is 5.91. The lowest BCUT2D eigenvalue weighted by Gasteiger charge is -2.28. The fourth-order valence-electron chi connectivity index (χ4n) is 2.60. The fourth-order valence-corrected chi connectivity index (χ4v) is 2.60. The second kappa shape index (κ2) is 4.00. The Morgan fingerprint density at radius 2 is 2.25 bits per heavy atom. The molecule has 1 fully saturated rings. The summed E-state index contributed by atoms with van der Waals surface area (Å²) >= 11 is 0. The third-order valence-corrected chi connectivity index (χ3v) is 3.42. The van der Waals surface area contributed by atoms with E-state index in [0.29, 0.717) is 12.5 Å². The topological polar surface area (TPSA) is 42.4 Å². The van der Waals surface area contributed by atoms with Crippen LogP contribution in [0.4, 0.5) is 0 Å². The van der Waals surface area contributed by atoms with Crippen LogP contribution in [0, 0.1) is 5.92 Å².